The summed E-state index contributed by atoms with van der Waals surface area (Å²) < 4.78 is 34.9. The number of benzene rings is 1. The SMILES string of the molecule is CC(Nc1ccc2c(c1)OC(F)(F)O2)C1CC2C=CC1C2. The Morgan fingerprint density at radius 2 is 2.00 bits per heavy atom. The van der Waals surface area contributed by atoms with E-state index in [1.54, 1.807) is 12.1 Å². The van der Waals surface area contributed by atoms with Crippen LogP contribution in [-0.2, 0) is 0 Å². The van der Waals surface area contributed by atoms with Crippen molar-refractivity contribution in [3.8, 4) is 11.5 Å². The van der Waals surface area contributed by atoms with Crippen molar-refractivity contribution in [1.82, 2.24) is 0 Å². The molecular weight excluding hydrogens is 276 g/mol. The minimum Gasteiger partial charge on any atom is -0.395 e. The molecule has 4 atom stereocenters. The van der Waals surface area contributed by atoms with Gasteiger partial charge in [-0.2, -0.15) is 0 Å². The third kappa shape index (κ3) is 2.24. The summed E-state index contributed by atoms with van der Waals surface area (Å²) in [6, 6.07) is 5.15. The minimum atomic E-state index is -3.55. The van der Waals surface area contributed by atoms with E-state index in [-0.39, 0.29) is 11.5 Å². The van der Waals surface area contributed by atoms with E-state index >= 15 is 0 Å². The Hall–Kier alpha value is -1.78. The number of anilines is 1. The summed E-state index contributed by atoms with van der Waals surface area (Å²) >= 11 is 0. The summed E-state index contributed by atoms with van der Waals surface area (Å²) in [7, 11) is 0. The Bertz CT molecular complexity index is 602. The van der Waals surface area contributed by atoms with Crippen molar-refractivity contribution in [2.75, 3.05) is 5.32 Å². The number of alkyl halides is 2. The molecule has 1 aromatic rings. The lowest BCUT2D eigenvalue weighted by molar-refractivity contribution is -0.286. The molecule has 4 unspecified atom stereocenters. The van der Waals surface area contributed by atoms with Gasteiger partial charge in [-0.25, -0.2) is 0 Å². The van der Waals surface area contributed by atoms with Crippen LogP contribution in [0.4, 0.5) is 14.5 Å². The van der Waals surface area contributed by atoms with Gasteiger partial charge in [-0.05, 0) is 49.7 Å². The molecule has 21 heavy (non-hydrogen) atoms. The lowest BCUT2D eigenvalue weighted by atomic mass is 9.87. The molecule has 0 saturated heterocycles. The number of allylic oxidation sites excluding steroid dienone is 2. The second kappa shape index (κ2) is 4.36. The number of hydrogen-bond acceptors (Lipinski definition) is 3. The van der Waals surface area contributed by atoms with E-state index in [9.17, 15) is 8.78 Å². The predicted octanol–water partition coefficient (Wildman–Crippen LogP) is 4.02. The summed E-state index contributed by atoms with van der Waals surface area (Å²) in [6.07, 6.45) is 3.54. The molecule has 1 aliphatic heterocycles. The standard InChI is InChI=1S/C16H17F2NO2/c1-9(13-7-10-2-3-11(13)6-10)19-12-4-5-14-15(8-12)21-16(17,18)20-14/h2-5,8-11,13,19H,6-7H2,1H3. The molecule has 0 amide bonds. The van der Waals surface area contributed by atoms with Crippen molar-refractivity contribution in [3.63, 3.8) is 0 Å². The monoisotopic (exact) mass is 293 g/mol. The van der Waals surface area contributed by atoms with Crippen molar-refractivity contribution < 1.29 is 18.3 Å². The molecule has 0 aromatic heterocycles. The minimum absolute atomic E-state index is 0.0843. The zero-order valence-corrected chi connectivity index (χ0v) is 11.7. The zero-order valence-electron chi connectivity index (χ0n) is 11.7. The molecule has 1 aromatic carbocycles. The van der Waals surface area contributed by atoms with Crippen LogP contribution in [0.25, 0.3) is 0 Å². The van der Waals surface area contributed by atoms with Crippen molar-refractivity contribution in [2.45, 2.75) is 32.1 Å². The molecule has 1 heterocycles. The van der Waals surface area contributed by atoms with E-state index in [1.807, 2.05) is 0 Å². The molecule has 3 nitrogen and oxygen atoms in total. The number of rotatable bonds is 3. The van der Waals surface area contributed by atoms with Crippen LogP contribution in [0.2, 0.25) is 0 Å². The maximum Gasteiger partial charge on any atom is 0.586 e. The number of nitrogens with one attached hydrogen (secondary N) is 1. The molecule has 1 fully saturated rings. The number of ether oxygens (including phenoxy) is 2. The van der Waals surface area contributed by atoms with E-state index in [2.05, 4.69) is 33.9 Å². The third-order valence-corrected chi connectivity index (χ3v) is 4.77. The van der Waals surface area contributed by atoms with Crippen LogP contribution in [0, 0.1) is 17.8 Å². The van der Waals surface area contributed by atoms with E-state index in [1.165, 1.54) is 18.9 Å². The molecule has 5 heteroatoms. The van der Waals surface area contributed by atoms with Gasteiger partial charge in [0.15, 0.2) is 11.5 Å². The van der Waals surface area contributed by atoms with Gasteiger partial charge in [0.2, 0.25) is 0 Å². The Kier molecular flexibility index (Phi) is 2.68. The van der Waals surface area contributed by atoms with Crippen LogP contribution < -0.4 is 14.8 Å². The van der Waals surface area contributed by atoms with Crippen LogP contribution in [0.3, 0.4) is 0 Å². The van der Waals surface area contributed by atoms with Crippen molar-refractivity contribution in [3.05, 3.63) is 30.4 Å². The van der Waals surface area contributed by atoms with Crippen LogP contribution in [0.5, 0.6) is 11.5 Å². The highest BCUT2D eigenvalue weighted by Crippen LogP contribution is 2.46. The first-order chi connectivity index (χ1) is 10.00. The van der Waals surface area contributed by atoms with Gasteiger partial charge < -0.3 is 14.8 Å². The maximum absolute atomic E-state index is 13.0. The fourth-order valence-corrected chi connectivity index (χ4v) is 3.81. The normalized spacial score (nSPS) is 32.4. The summed E-state index contributed by atoms with van der Waals surface area (Å²) in [5.74, 6) is 2.15. The summed E-state index contributed by atoms with van der Waals surface area (Å²) in [5, 5.41) is 3.41. The fourth-order valence-electron chi connectivity index (χ4n) is 3.81. The van der Waals surface area contributed by atoms with Gasteiger partial charge >= 0.3 is 6.29 Å². The predicted molar refractivity (Wildman–Crippen MR) is 74.6 cm³/mol. The lowest BCUT2D eigenvalue weighted by Gasteiger charge is -2.27. The molecule has 0 spiro atoms. The second-order valence-corrected chi connectivity index (χ2v) is 6.21. The van der Waals surface area contributed by atoms with Gasteiger partial charge in [0.1, 0.15) is 0 Å². The number of fused-ring (bicyclic) bond motifs is 3. The fraction of sp³-hybridized carbons (Fsp3) is 0.500. The highest BCUT2D eigenvalue weighted by Gasteiger charge is 2.43. The largest absolute Gasteiger partial charge is 0.586 e. The quantitative estimate of drug-likeness (QED) is 0.854. The molecule has 112 valence electrons. The van der Waals surface area contributed by atoms with Gasteiger partial charge in [0.25, 0.3) is 0 Å². The molecule has 0 radical (unpaired) electrons. The Morgan fingerprint density at radius 3 is 2.71 bits per heavy atom. The van der Waals surface area contributed by atoms with Gasteiger partial charge in [0, 0.05) is 17.8 Å². The highest BCUT2D eigenvalue weighted by molar-refractivity contribution is 5.56. The van der Waals surface area contributed by atoms with Crippen LogP contribution in [-0.4, -0.2) is 12.3 Å². The Morgan fingerprint density at radius 1 is 1.19 bits per heavy atom. The smallest absolute Gasteiger partial charge is 0.395 e. The molecule has 3 aliphatic rings. The van der Waals surface area contributed by atoms with Gasteiger partial charge in [-0.3, -0.25) is 0 Å². The van der Waals surface area contributed by atoms with Gasteiger partial charge in [-0.1, -0.05) is 12.2 Å². The second-order valence-electron chi connectivity index (χ2n) is 6.21. The van der Waals surface area contributed by atoms with Crippen molar-refractivity contribution in [2.24, 2.45) is 17.8 Å². The van der Waals surface area contributed by atoms with E-state index < -0.39 is 6.29 Å². The molecular formula is C16H17F2NO2. The molecule has 2 bridgehead atoms. The average Bonchev–Trinajstić information content (AvgIpc) is 3.09. The highest BCUT2D eigenvalue weighted by atomic mass is 19.3. The zero-order chi connectivity index (χ0) is 14.6. The van der Waals surface area contributed by atoms with E-state index in [4.69, 9.17) is 0 Å². The average molecular weight is 293 g/mol. The molecule has 4 rings (SSSR count). The van der Waals surface area contributed by atoms with Crippen LogP contribution >= 0.6 is 0 Å². The number of halogens is 2. The summed E-state index contributed by atoms with van der Waals surface area (Å²) in [4.78, 5) is 0. The molecule has 2 aliphatic carbocycles. The first-order valence-corrected chi connectivity index (χ1v) is 7.35. The Balaban J connectivity index is 1.47. The first kappa shape index (κ1) is 12.9. The van der Waals surface area contributed by atoms with Gasteiger partial charge in [0.05, 0.1) is 0 Å². The number of hydrogen-bond donors (Lipinski definition) is 1. The van der Waals surface area contributed by atoms with Crippen molar-refractivity contribution >= 4 is 5.69 Å². The van der Waals surface area contributed by atoms with E-state index in [0.29, 0.717) is 17.9 Å². The van der Waals surface area contributed by atoms with Crippen molar-refractivity contribution in [1.29, 1.82) is 0 Å². The maximum atomic E-state index is 13.0. The summed E-state index contributed by atoms with van der Waals surface area (Å²) in [6.45, 7) is 2.15. The first-order valence-electron chi connectivity index (χ1n) is 7.35. The van der Waals surface area contributed by atoms with E-state index in [0.717, 1.165) is 11.6 Å². The Labute approximate surface area is 121 Å². The van der Waals surface area contributed by atoms with Crippen LogP contribution in [0.1, 0.15) is 19.8 Å². The van der Waals surface area contributed by atoms with Crippen LogP contribution in [0.15, 0.2) is 30.4 Å². The molecule has 1 saturated carbocycles. The molecule has 1 N–H and O–H groups in total. The van der Waals surface area contributed by atoms with Gasteiger partial charge in [-0.15, -0.1) is 8.78 Å². The topological polar surface area (TPSA) is 30.5 Å². The summed E-state index contributed by atoms with van der Waals surface area (Å²) in [5.41, 5.74) is 0.786. The lowest BCUT2D eigenvalue weighted by Crippen LogP contribution is -2.28. The third-order valence-electron chi connectivity index (χ3n) is 4.77.